The van der Waals surface area contributed by atoms with Crippen LogP contribution < -0.4 is 11.1 Å². The number of rotatable bonds is 2. The lowest BCUT2D eigenvalue weighted by atomic mass is 10.1. The van der Waals surface area contributed by atoms with Gasteiger partial charge in [0.1, 0.15) is 11.5 Å². The molecule has 1 amide bonds. The van der Waals surface area contributed by atoms with E-state index in [0.717, 1.165) is 6.07 Å². The molecule has 0 aliphatic heterocycles. The van der Waals surface area contributed by atoms with Crippen molar-refractivity contribution in [1.29, 1.82) is 0 Å². The van der Waals surface area contributed by atoms with Crippen molar-refractivity contribution in [3.63, 3.8) is 0 Å². The second-order valence-electron chi connectivity index (χ2n) is 4.27. The molecular weight excluding hydrogens is 286 g/mol. The minimum Gasteiger partial charge on any atom is -0.397 e. The number of benzene rings is 2. The van der Waals surface area contributed by atoms with E-state index in [-0.39, 0.29) is 11.4 Å². The van der Waals surface area contributed by atoms with E-state index in [2.05, 4.69) is 5.32 Å². The van der Waals surface area contributed by atoms with Gasteiger partial charge in [0.05, 0.1) is 5.69 Å². The van der Waals surface area contributed by atoms with Crippen LogP contribution >= 0.6 is 11.6 Å². The second kappa shape index (κ2) is 5.46. The van der Waals surface area contributed by atoms with Crippen LogP contribution in [0.15, 0.2) is 30.3 Å². The number of anilines is 2. The lowest BCUT2D eigenvalue weighted by Gasteiger charge is -2.10. The predicted octanol–water partition coefficient (Wildman–Crippen LogP) is 3.76. The number of nitrogens with one attached hydrogen (secondary N) is 1. The van der Waals surface area contributed by atoms with Crippen molar-refractivity contribution in [3.05, 3.63) is 58.1 Å². The van der Waals surface area contributed by atoms with Crippen LogP contribution in [0, 0.1) is 18.6 Å². The molecule has 0 bridgehead atoms. The van der Waals surface area contributed by atoms with Gasteiger partial charge in [0.2, 0.25) is 0 Å². The van der Waals surface area contributed by atoms with E-state index in [1.807, 2.05) is 0 Å². The number of amides is 1. The van der Waals surface area contributed by atoms with E-state index in [1.54, 1.807) is 19.1 Å². The van der Waals surface area contributed by atoms with E-state index in [9.17, 15) is 13.6 Å². The van der Waals surface area contributed by atoms with E-state index in [4.69, 9.17) is 17.3 Å². The molecule has 0 fully saturated rings. The topological polar surface area (TPSA) is 55.1 Å². The van der Waals surface area contributed by atoms with E-state index in [0.29, 0.717) is 22.2 Å². The maximum absolute atomic E-state index is 13.6. The molecule has 3 nitrogen and oxygen atoms in total. The molecule has 0 spiro atoms. The molecular formula is C14H11ClF2N2O. The third kappa shape index (κ3) is 2.88. The lowest BCUT2D eigenvalue weighted by molar-refractivity contribution is 0.102. The first kappa shape index (κ1) is 14.3. The van der Waals surface area contributed by atoms with Crippen LogP contribution in [0.5, 0.6) is 0 Å². The molecule has 20 heavy (non-hydrogen) atoms. The molecule has 2 rings (SSSR count). The fraction of sp³-hybridized carbons (Fsp3) is 0.0714. The van der Waals surface area contributed by atoms with Gasteiger partial charge in [-0.15, -0.1) is 0 Å². The van der Waals surface area contributed by atoms with Crippen molar-refractivity contribution < 1.29 is 13.6 Å². The molecule has 0 radical (unpaired) electrons. The number of hydrogen-bond acceptors (Lipinski definition) is 2. The third-order valence-corrected chi connectivity index (χ3v) is 3.17. The monoisotopic (exact) mass is 296 g/mol. The standard InChI is InChI=1S/C14H11ClF2N2O/c1-7-4-8(2-3-10(7)15)14(20)19-13-11(17)5-9(16)6-12(13)18/h2-6H,18H2,1H3,(H,19,20). The fourth-order valence-corrected chi connectivity index (χ4v) is 1.81. The van der Waals surface area contributed by atoms with Crippen LogP contribution in [0.1, 0.15) is 15.9 Å². The Hall–Kier alpha value is -2.14. The van der Waals surface area contributed by atoms with Crippen molar-refractivity contribution in [2.45, 2.75) is 6.92 Å². The molecule has 0 unspecified atom stereocenters. The molecule has 3 N–H and O–H groups in total. The highest BCUT2D eigenvalue weighted by atomic mass is 35.5. The highest BCUT2D eigenvalue weighted by molar-refractivity contribution is 6.31. The van der Waals surface area contributed by atoms with Crippen molar-refractivity contribution >= 4 is 28.9 Å². The van der Waals surface area contributed by atoms with E-state index >= 15 is 0 Å². The normalized spacial score (nSPS) is 10.4. The Labute approximate surface area is 119 Å². The van der Waals surface area contributed by atoms with E-state index in [1.165, 1.54) is 6.07 Å². The zero-order valence-corrected chi connectivity index (χ0v) is 11.3. The Kier molecular flexibility index (Phi) is 3.90. The molecule has 0 saturated heterocycles. The molecule has 0 aromatic heterocycles. The van der Waals surface area contributed by atoms with Gasteiger partial charge in [-0.25, -0.2) is 8.78 Å². The number of carbonyl (C=O) groups is 1. The van der Waals surface area contributed by atoms with Gasteiger partial charge in [0.25, 0.3) is 5.91 Å². The summed E-state index contributed by atoms with van der Waals surface area (Å²) in [4.78, 5) is 12.0. The minimum atomic E-state index is -0.929. The van der Waals surface area contributed by atoms with Crippen LogP contribution in [0.25, 0.3) is 0 Å². The lowest BCUT2D eigenvalue weighted by Crippen LogP contribution is -2.15. The van der Waals surface area contributed by atoms with Crippen molar-refractivity contribution in [1.82, 2.24) is 0 Å². The molecule has 0 heterocycles. The van der Waals surface area contributed by atoms with Crippen LogP contribution in [0.3, 0.4) is 0 Å². The first-order valence-corrected chi connectivity index (χ1v) is 6.08. The average Bonchev–Trinajstić information content (AvgIpc) is 2.36. The van der Waals surface area contributed by atoms with Gasteiger partial charge in [-0.05, 0) is 36.8 Å². The maximum atomic E-state index is 13.6. The summed E-state index contributed by atoms with van der Waals surface area (Å²) in [6.07, 6.45) is 0. The molecule has 0 atom stereocenters. The number of hydrogen-bond donors (Lipinski definition) is 2. The zero-order chi connectivity index (χ0) is 14.9. The van der Waals surface area contributed by atoms with Crippen molar-refractivity contribution in [2.24, 2.45) is 0 Å². The smallest absolute Gasteiger partial charge is 0.255 e. The Morgan fingerprint density at radius 1 is 1.25 bits per heavy atom. The molecule has 0 saturated carbocycles. The zero-order valence-electron chi connectivity index (χ0n) is 10.5. The molecule has 104 valence electrons. The highest BCUT2D eigenvalue weighted by Gasteiger charge is 2.14. The third-order valence-electron chi connectivity index (χ3n) is 2.74. The summed E-state index contributed by atoms with van der Waals surface area (Å²) >= 11 is 5.86. The maximum Gasteiger partial charge on any atom is 0.255 e. The molecule has 6 heteroatoms. The van der Waals surface area contributed by atoms with Gasteiger partial charge in [0.15, 0.2) is 5.82 Å². The van der Waals surface area contributed by atoms with Gasteiger partial charge in [0, 0.05) is 16.7 Å². The minimum absolute atomic E-state index is 0.179. The molecule has 2 aromatic carbocycles. The van der Waals surface area contributed by atoms with Crippen LogP contribution in [0.2, 0.25) is 5.02 Å². The fourth-order valence-electron chi connectivity index (χ4n) is 1.70. The van der Waals surface area contributed by atoms with Gasteiger partial charge in [-0.1, -0.05) is 11.6 Å². The predicted molar refractivity (Wildman–Crippen MR) is 74.9 cm³/mol. The Balaban J connectivity index is 2.30. The summed E-state index contributed by atoms with van der Waals surface area (Å²) in [6, 6.07) is 6.22. The van der Waals surface area contributed by atoms with Gasteiger partial charge < -0.3 is 11.1 Å². The summed E-state index contributed by atoms with van der Waals surface area (Å²) < 4.78 is 26.5. The number of nitrogens with two attached hydrogens (primary N) is 1. The van der Waals surface area contributed by atoms with Crippen LogP contribution in [0.4, 0.5) is 20.2 Å². The largest absolute Gasteiger partial charge is 0.397 e. The van der Waals surface area contributed by atoms with Crippen LogP contribution in [-0.4, -0.2) is 5.91 Å². The number of carbonyl (C=O) groups excluding carboxylic acids is 1. The number of nitrogen functional groups attached to an aromatic ring is 1. The van der Waals surface area contributed by atoms with Crippen LogP contribution in [-0.2, 0) is 0 Å². The Morgan fingerprint density at radius 3 is 2.55 bits per heavy atom. The summed E-state index contributed by atoms with van der Waals surface area (Å²) in [7, 11) is 0. The molecule has 0 aliphatic rings. The van der Waals surface area contributed by atoms with Gasteiger partial charge in [-0.2, -0.15) is 0 Å². The first-order valence-electron chi connectivity index (χ1n) is 5.70. The summed E-state index contributed by atoms with van der Waals surface area (Å²) in [5.41, 5.74) is 6.08. The van der Waals surface area contributed by atoms with Gasteiger partial charge in [-0.3, -0.25) is 4.79 Å². The SMILES string of the molecule is Cc1cc(C(=O)Nc2c(N)cc(F)cc2F)ccc1Cl. The second-order valence-corrected chi connectivity index (χ2v) is 4.68. The Morgan fingerprint density at radius 2 is 1.95 bits per heavy atom. The van der Waals surface area contributed by atoms with Crippen molar-refractivity contribution in [3.8, 4) is 0 Å². The van der Waals surface area contributed by atoms with E-state index < -0.39 is 17.5 Å². The quantitative estimate of drug-likeness (QED) is 0.829. The number of halogens is 3. The van der Waals surface area contributed by atoms with Gasteiger partial charge >= 0.3 is 0 Å². The first-order chi connectivity index (χ1) is 9.38. The molecule has 2 aromatic rings. The van der Waals surface area contributed by atoms with Crippen molar-refractivity contribution in [2.75, 3.05) is 11.1 Å². The summed E-state index contributed by atoms with van der Waals surface area (Å²) in [5, 5.41) is 2.84. The summed E-state index contributed by atoms with van der Waals surface area (Å²) in [5.74, 6) is -2.29. The average molecular weight is 297 g/mol. The molecule has 0 aliphatic carbocycles. The Bertz CT molecular complexity index is 666. The summed E-state index contributed by atoms with van der Waals surface area (Å²) in [6.45, 7) is 1.74. The highest BCUT2D eigenvalue weighted by Crippen LogP contribution is 2.25. The number of aryl methyl sites for hydroxylation is 1.